The largest absolute Gasteiger partial charge is 0.478 e. The first-order chi connectivity index (χ1) is 9.60. The van der Waals surface area contributed by atoms with Gasteiger partial charge in [-0.3, -0.25) is 4.68 Å². The number of nitrogens with zero attached hydrogens (tertiary/aromatic N) is 2. The number of aromatic nitrogens is 2. The number of carboxylic acids is 1. The van der Waals surface area contributed by atoms with Gasteiger partial charge in [0.25, 0.3) is 0 Å². The van der Waals surface area contributed by atoms with Gasteiger partial charge in [-0.15, -0.1) is 0 Å². The van der Waals surface area contributed by atoms with E-state index < -0.39 is 5.97 Å². The van der Waals surface area contributed by atoms with Crippen LogP contribution in [-0.4, -0.2) is 20.9 Å². The highest BCUT2D eigenvalue weighted by molar-refractivity contribution is 5.89. The first-order valence-electron chi connectivity index (χ1n) is 6.70. The predicted molar refractivity (Wildman–Crippen MR) is 78.0 cm³/mol. The molecular weight excluding hydrogens is 254 g/mol. The molecule has 0 saturated heterocycles. The van der Waals surface area contributed by atoms with Crippen LogP contribution in [0.3, 0.4) is 0 Å². The Balaban J connectivity index is 2.05. The molecular formula is C15H19N3O2. The number of hydrogen-bond acceptors (Lipinski definition) is 3. The minimum Gasteiger partial charge on any atom is -0.478 e. The maximum absolute atomic E-state index is 11.0. The number of nitrogens with one attached hydrogen (secondary N) is 1. The van der Waals surface area contributed by atoms with Crippen LogP contribution in [0, 0.1) is 6.92 Å². The van der Waals surface area contributed by atoms with E-state index in [0.29, 0.717) is 6.54 Å². The summed E-state index contributed by atoms with van der Waals surface area (Å²) in [6.45, 7) is 5.55. The van der Waals surface area contributed by atoms with Crippen molar-refractivity contribution in [2.75, 3.05) is 5.32 Å². The summed E-state index contributed by atoms with van der Waals surface area (Å²) in [4.78, 5) is 11.0. The van der Waals surface area contributed by atoms with Gasteiger partial charge < -0.3 is 10.4 Å². The summed E-state index contributed by atoms with van der Waals surface area (Å²) in [7, 11) is 0. The number of aryl methyl sites for hydroxylation is 2. The lowest BCUT2D eigenvalue weighted by Crippen LogP contribution is -2.05. The molecule has 0 aliphatic carbocycles. The van der Waals surface area contributed by atoms with Crippen LogP contribution in [0.5, 0.6) is 0 Å². The SMILES string of the molecule is CCCn1ccc(CNc2cc(C(=O)O)ccc2C)n1. The molecule has 2 N–H and O–H groups in total. The van der Waals surface area contributed by atoms with E-state index in [2.05, 4.69) is 17.3 Å². The molecule has 5 nitrogen and oxygen atoms in total. The molecule has 5 heteroatoms. The average molecular weight is 273 g/mol. The maximum Gasteiger partial charge on any atom is 0.335 e. The van der Waals surface area contributed by atoms with Gasteiger partial charge in [0.05, 0.1) is 17.8 Å². The number of benzene rings is 1. The van der Waals surface area contributed by atoms with Crippen molar-refractivity contribution in [3.8, 4) is 0 Å². The van der Waals surface area contributed by atoms with Crippen LogP contribution in [0.25, 0.3) is 0 Å². The molecule has 106 valence electrons. The van der Waals surface area contributed by atoms with Gasteiger partial charge in [-0.25, -0.2) is 4.79 Å². The fourth-order valence-electron chi connectivity index (χ4n) is 1.98. The topological polar surface area (TPSA) is 67.2 Å². The fraction of sp³-hybridized carbons (Fsp3) is 0.333. The van der Waals surface area contributed by atoms with Crippen molar-refractivity contribution in [3.05, 3.63) is 47.3 Å². The summed E-state index contributed by atoms with van der Waals surface area (Å²) in [6.07, 6.45) is 3.01. The van der Waals surface area contributed by atoms with Crippen molar-refractivity contribution in [1.29, 1.82) is 0 Å². The van der Waals surface area contributed by atoms with Crippen molar-refractivity contribution >= 4 is 11.7 Å². The van der Waals surface area contributed by atoms with Crippen molar-refractivity contribution in [2.45, 2.75) is 33.4 Å². The molecule has 0 radical (unpaired) electrons. The monoisotopic (exact) mass is 273 g/mol. The van der Waals surface area contributed by atoms with Gasteiger partial charge >= 0.3 is 5.97 Å². The van der Waals surface area contributed by atoms with E-state index in [1.54, 1.807) is 12.1 Å². The number of aromatic carboxylic acids is 1. The zero-order valence-corrected chi connectivity index (χ0v) is 11.8. The van der Waals surface area contributed by atoms with Crippen molar-refractivity contribution in [1.82, 2.24) is 9.78 Å². The molecule has 1 aromatic heterocycles. The second-order valence-electron chi connectivity index (χ2n) is 4.76. The van der Waals surface area contributed by atoms with E-state index in [1.165, 1.54) is 0 Å². The van der Waals surface area contributed by atoms with Crippen LogP contribution in [0.15, 0.2) is 30.5 Å². The van der Waals surface area contributed by atoms with Crippen LogP contribution in [0.4, 0.5) is 5.69 Å². The molecule has 0 saturated carbocycles. The standard InChI is InChI=1S/C15H19N3O2/c1-3-7-18-8-6-13(17-18)10-16-14-9-12(15(19)20)5-4-11(14)2/h4-6,8-9,16H,3,7,10H2,1-2H3,(H,19,20). The first-order valence-corrected chi connectivity index (χ1v) is 6.70. The molecule has 0 fully saturated rings. The summed E-state index contributed by atoms with van der Waals surface area (Å²) in [5.74, 6) is -0.916. The molecule has 0 atom stereocenters. The van der Waals surface area contributed by atoms with Gasteiger partial charge in [0.1, 0.15) is 0 Å². The summed E-state index contributed by atoms with van der Waals surface area (Å²) < 4.78 is 1.91. The molecule has 0 aliphatic heterocycles. The Kier molecular flexibility index (Phi) is 4.40. The lowest BCUT2D eigenvalue weighted by atomic mass is 10.1. The minimum atomic E-state index is -0.916. The highest BCUT2D eigenvalue weighted by atomic mass is 16.4. The Morgan fingerprint density at radius 3 is 2.90 bits per heavy atom. The van der Waals surface area contributed by atoms with Gasteiger partial charge in [0.2, 0.25) is 0 Å². The first kappa shape index (κ1) is 14.1. The third kappa shape index (κ3) is 3.38. The van der Waals surface area contributed by atoms with Gasteiger partial charge in [-0.1, -0.05) is 13.0 Å². The smallest absolute Gasteiger partial charge is 0.335 e. The number of anilines is 1. The highest BCUT2D eigenvalue weighted by Gasteiger charge is 2.06. The zero-order chi connectivity index (χ0) is 14.5. The summed E-state index contributed by atoms with van der Waals surface area (Å²) in [5, 5.41) is 16.7. The third-order valence-electron chi connectivity index (χ3n) is 3.09. The molecule has 0 aliphatic rings. The number of rotatable bonds is 6. The number of carboxylic acid groups (broad SMARTS) is 1. The predicted octanol–water partition coefficient (Wildman–Crippen LogP) is 2.91. The minimum absolute atomic E-state index is 0.287. The van der Waals surface area contributed by atoms with Crippen LogP contribution in [-0.2, 0) is 13.1 Å². The molecule has 0 unspecified atom stereocenters. The number of hydrogen-bond donors (Lipinski definition) is 2. The molecule has 1 aromatic carbocycles. The van der Waals surface area contributed by atoms with Gasteiger partial charge in [-0.2, -0.15) is 5.10 Å². The molecule has 0 spiro atoms. The summed E-state index contributed by atoms with van der Waals surface area (Å²) >= 11 is 0. The van der Waals surface area contributed by atoms with E-state index in [9.17, 15) is 4.79 Å². The molecule has 0 amide bonds. The lowest BCUT2D eigenvalue weighted by Gasteiger charge is -2.09. The van der Waals surface area contributed by atoms with Crippen LogP contribution in [0.1, 0.15) is 35.0 Å². The fourth-order valence-corrected chi connectivity index (χ4v) is 1.98. The zero-order valence-electron chi connectivity index (χ0n) is 11.8. The van der Waals surface area contributed by atoms with Gasteiger partial charge in [0, 0.05) is 18.4 Å². The molecule has 1 heterocycles. The normalized spacial score (nSPS) is 10.5. The second-order valence-corrected chi connectivity index (χ2v) is 4.76. The summed E-state index contributed by atoms with van der Waals surface area (Å²) in [6, 6.07) is 7.04. The maximum atomic E-state index is 11.0. The second kappa shape index (κ2) is 6.23. The Bertz CT molecular complexity index is 605. The highest BCUT2D eigenvalue weighted by Crippen LogP contribution is 2.17. The lowest BCUT2D eigenvalue weighted by molar-refractivity contribution is 0.0697. The Labute approximate surface area is 118 Å². The van der Waals surface area contributed by atoms with Gasteiger partial charge in [-0.05, 0) is 37.1 Å². The van der Waals surface area contributed by atoms with Crippen molar-refractivity contribution < 1.29 is 9.90 Å². The van der Waals surface area contributed by atoms with Gasteiger partial charge in [0.15, 0.2) is 0 Å². The quantitative estimate of drug-likeness (QED) is 0.849. The molecule has 2 aromatic rings. The van der Waals surface area contributed by atoms with E-state index in [4.69, 9.17) is 5.11 Å². The van der Waals surface area contributed by atoms with E-state index in [1.807, 2.05) is 29.9 Å². The average Bonchev–Trinajstić information content (AvgIpc) is 2.86. The summed E-state index contributed by atoms with van der Waals surface area (Å²) in [5.41, 5.74) is 3.08. The van der Waals surface area contributed by atoms with Crippen molar-refractivity contribution in [3.63, 3.8) is 0 Å². The van der Waals surface area contributed by atoms with Crippen LogP contribution < -0.4 is 5.32 Å². The molecule has 0 bridgehead atoms. The third-order valence-corrected chi connectivity index (χ3v) is 3.09. The van der Waals surface area contributed by atoms with E-state index in [-0.39, 0.29) is 5.56 Å². The van der Waals surface area contributed by atoms with Crippen LogP contribution >= 0.6 is 0 Å². The molecule has 20 heavy (non-hydrogen) atoms. The van der Waals surface area contributed by atoms with Crippen molar-refractivity contribution in [2.24, 2.45) is 0 Å². The Hall–Kier alpha value is -2.30. The molecule has 2 rings (SSSR count). The van der Waals surface area contributed by atoms with Crippen LogP contribution in [0.2, 0.25) is 0 Å². The Morgan fingerprint density at radius 1 is 1.40 bits per heavy atom. The number of carbonyl (C=O) groups is 1. The van der Waals surface area contributed by atoms with E-state index in [0.717, 1.165) is 29.9 Å². The van der Waals surface area contributed by atoms with E-state index >= 15 is 0 Å². The Morgan fingerprint density at radius 2 is 2.20 bits per heavy atom.